The second-order valence-corrected chi connectivity index (χ2v) is 6.15. The van der Waals surface area contributed by atoms with Crippen molar-refractivity contribution in [3.63, 3.8) is 0 Å². The number of ether oxygens (including phenoxy) is 2. The standard InChI is InChI=1S/C20H18FNO5/c1-26-15-6-3-13(4-7-15)12-22-18(24)16-11-14(21)5-8-17(16)20(22,9-10-23)19(25)27-2/h3-8,10-11H,9,12H2,1-2H3/t20-/m0/s1. The van der Waals surface area contributed by atoms with Crippen LogP contribution in [-0.4, -0.2) is 37.3 Å². The molecule has 1 amide bonds. The first-order valence-electron chi connectivity index (χ1n) is 8.25. The first-order valence-corrected chi connectivity index (χ1v) is 8.25. The maximum Gasteiger partial charge on any atom is 0.337 e. The number of methoxy groups -OCH3 is 2. The summed E-state index contributed by atoms with van der Waals surface area (Å²) in [7, 11) is 2.73. The van der Waals surface area contributed by atoms with Gasteiger partial charge >= 0.3 is 5.97 Å². The van der Waals surface area contributed by atoms with Crippen LogP contribution >= 0.6 is 0 Å². The fraction of sp³-hybridized carbons (Fsp3) is 0.250. The molecular formula is C20H18FNO5. The minimum atomic E-state index is -1.63. The van der Waals surface area contributed by atoms with Crippen LogP contribution in [0.3, 0.4) is 0 Å². The van der Waals surface area contributed by atoms with E-state index in [4.69, 9.17) is 9.47 Å². The molecule has 1 aliphatic rings. The summed E-state index contributed by atoms with van der Waals surface area (Å²) in [6.45, 7) is 0.0437. The third-order valence-corrected chi connectivity index (χ3v) is 4.77. The first kappa shape index (κ1) is 18.6. The Kier molecular flexibility index (Phi) is 4.94. The third kappa shape index (κ3) is 2.95. The lowest BCUT2D eigenvalue weighted by Gasteiger charge is -2.35. The number of nitrogens with zero attached hydrogens (tertiary/aromatic N) is 1. The summed E-state index contributed by atoms with van der Waals surface area (Å²) in [5.74, 6) is -1.24. The largest absolute Gasteiger partial charge is 0.497 e. The molecule has 1 heterocycles. The minimum Gasteiger partial charge on any atom is -0.497 e. The highest BCUT2D eigenvalue weighted by atomic mass is 19.1. The predicted octanol–water partition coefficient (Wildman–Crippen LogP) is 2.45. The molecule has 3 rings (SSSR count). The van der Waals surface area contributed by atoms with Crippen molar-refractivity contribution in [1.82, 2.24) is 4.90 Å². The van der Waals surface area contributed by atoms with Gasteiger partial charge in [0.25, 0.3) is 5.91 Å². The van der Waals surface area contributed by atoms with Crippen LogP contribution in [0.2, 0.25) is 0 Å². The highest BCUT2D eigenvalue weighted by molar-refractivity contribution is 6.06. The van der Waals surface area contributed by atoms with E-state index >= 15 is 0 Å². The summed E-state index contributed by atoms with van der Waals surface area (Å²) in [5.41, 5.74) is -0.593. The van der Waals surface area contributed by atoms with Gasteiger partial charge < -0.3 is 19.2 Å². The molecule has 140 valence electrons. The van der Waals surface area contributed by atoms with Gasteiger partial charge in [-0.2, -0.15) is 0 Å². The number of rotatable bonds is 6. The van der Waals surface area contributed by atoms with Crippen LogP contribution in [-0.2, 0) is 26.4 Å². The van der Waals surface area contributed by atoms with Gasteiger partial charge in [0.2, 0.25) is 0 Å². The number of halogens is 1. The lowest BCUT2D eigenvalue weighted by atomic mass is 9.86. The van der Waals surface area contributed by atoms with Crippen molar-refractivity contribution >= 4 is 18.2 Å². The number of esters is 1. The zero-order chi connectivity index (χ0) is 19.6. The van der Waals surface area contributed by atoms with Crippen LogP contribution in [0.4, 0.5) is 4.39 Å². The van der Waals surface area contributed by atoms with Gasteiger partial charge in [-0.15, -0.1) is 0 Å². The topological polar surface area (TPSA) is 72.9 Å². The molecule has 0 saturated carbocycles. The van der Waals surface area contributed by atoms with E-state index in [-0.39, 0.29) is 24.1 Å². The van der Waals surface area contributed by atoms with Gasteiger partial charge in [0.1, 0.15) is 17.9 Å². The molecule has 0 radical (unpaired) electrons. The van der Waals surface area contributed by atoms with E-state index < -0.39 is 23.2 Å². The fourth-order valence-corrected chi connectivity index (χ4v) is 3.45. The Labute approximate surface area is 155 Å². The average Bonchev–Trinajstić information content (AvgIpc) is 2.91. The van der Waals surface area contributed by atoms with Crippen LogP contribution < -0.4 is 4.74 Å². The van der Waals surface area contributed by atoms with E-state index in [0.717, 1.165) is 17.7 Å². The molecule has 0 bridgehead atoms. The Balaban J connectivity index is 2.12. The van der Waals surface area contributed by atoms with Gasteiger partial charge in [0.05, 0.1) is 14.2 Å². The minimum absolute atomic E-state index is 0.0437. The molecule has 1 atom stereocenters. The summed E-state index contributed by atoms with van der Waals surface area (Å²) in [6, 6.07) is 10.5. The summed E-state index contributed by atoms with van der Waals surface area (Å²) >= 11 is 0. The molecule has 0 spiro atoms. The van der Waals surface area contributed by atoms with Crippen molar-refractivity contribution in [2.24, 2.45) is 0 Å². The molecule has 2 aromatic carbocycles. The highest BCUT2D eigenvalue weighted by Gasteiger charge is 2.55. The molecule has 0 aromatic heterocycles. The molecular weight excluding hydrogens is 353 g/mol. The third-order valence-electron chi connectivity index (χ3n) is 4.77. The highest BCUT2D eigenvalue weighted by Crippen LogP contribution is 2.43. The van der Waals surface area contributed by atoms with Crippen molar-refractivity contribution < 1.29 is 28.2 Å². The average molecular weight is 371 g/mol. The zero-order valence-electron chi connectivity index (χ0n) is 14.9. The molecule has 0 unspecified atom stereocenters. The van der Waals surface area contributed by atoms with Crippen molar-refractivity contribution in [2.75, 3.05) is 14.2 Å². The quantitative estimate of drug-likeness (QED) is 0.576. The van der Waals surface area contributed by atoms with Crippen LogP contribution in [0.15, 0.2) is 42.5 Å². The number of carbonyl (C=O) groups is 3. The van der Waals surface area contributed by atoms with Gasteiger partial charge in [-0.25, -0.2) is 9.18 Å². The number of hydrogen-bond donors (Lipinski definition) is 0. The van der Waals surface area contributed by atoms with Gasteiger partial charge in [0, 0.05) is 24.1 Å². The first-order chi connectivity index (χ1) is 13.0. The summed E-state index contributed by atoms with van der Waals surface area (Å²) in [5, 5.41) is 0. The molecule has 0 N–H and O–H groups in total. The molecule has 0 saturated heterocycles. The van der Waals surface area contributed by atoms with Crippen molar-refractivity contribution in [3.8, 4) is 5.75 Å². The molecule has 1 aliphatic heterocycles. The molecule has 27 heavy (non-hydrogen) atoms. The van der Waals surface area contributed by atoms with Gasteiger partial charge in [-0.05, 0) is 29.8 Å². The fourth-order valence-electron chi connectivity index (χ4n) is 3.45. The van der Waals surface area contributed by atoms with E-state index in [1.165, 1.54) is 25.2 Å². The Morgan fingerprint density at radius 2 is 1.89 bits per heavy atom. The SMILES string of the molecule is COC(=O)[C@]1(CC=O)c2ccc(F)cc2C(=O)N1Cc1ccc(OC)cc1. The van der Waals surface area contributed by atoms with Crippen molar-refractivity contribution in [1.29, 1.82) is 0 Å². The lowest BCUT2D eigenvalue weighted by Crippen LogP contribution is -2.50. The Morgan fingerprint density at radius 3 is 2.48 bits per heavy atom. The van der Waals surface area contributed by atoms with E-state index in [1.54, 1.807) is 24.3 Å². The Bertz CT molecular complexity index is 896. The number of aldehydes is 1. The second kappa shape index (κ2) is 7.19. The summed E-state index contributed by atoms with van der Waals surface area (Å²) < 4.78 is 23.8. The van der Waals surface area contributed by atoms with E-state index in [9.17, 15) is 18.8 Å². The predicted molar refractivity (Wildman–Crippen MR) is 93.6 cm³/mol. The number of carbonyl (C=O) groups excluding carboxylic acids is 3. The van der Waals surface area contributed by atoms with Crippen molar-refractivity contribution in [2.45, 2.75) is 18.5 Å². The van der Waals surface area contributed by atoms with Crippen LogP contribution in [0, 0.1) is 5.82 Å². The molecule has 7 heteroatoms. The monoisotopic (exact) mass is 371 g/mol. The molecule has 6 nitrogen and oxygen atoms in total. The van der Waals surface area contributed by atoms with E-state index in [2.05, 4.69) is 0 Å². The lowest BCUT2D eigenvalue weighted by molar-refractivity contribution is -0.155. The number of hydrogen-bond acceptors (Lipinski definition) is 5. The van der Waals surface area contributed by atoms with Crippen LogP contribution in [0.25, 0.3) is 0 Å². The smallest absolute Gasteiger partial charge is 0.337 e. The molecule has 0 fully saturated rings. The normalized spacial score (nSPS) is 18.2. The summed E-state index contributed by atoms with van der Waals surface area (Å²) in [6.07, 6.45) is 0.268. The Morgan fingerprint density at radius 1 is 1.19 bits per heavy atom. The zero-order valence-corrected chi connectivity index (χ0v) is 14.9. The van der Waals surface area contributed by atoms with Gasteiger partial charge in [-0.3, -0.25) is 4.79 Å². The van der Waals surface area contributed by atoms with Crippen LogP contribution in [0.1, 0.15) is 27.9 Å². The van der Waals surface area contributed by atoms with Crippen LogP contribution in [0.5, 0.6) is 5.75 Å². The number of benzene rings is 2. The maximum absolute atomic E-state index is 13.7. The maximum atomic E-state index is 13.7. The van der Waals surface area contributed by atoms with Crippen molar-refractivity contribution in [3.05, 3.63) is 65.0 Å². The van der Waals surface area contributed by atoms with E-state index in [0.29, 0.717) is 12.0 Å². The number of amides is 1. The van der Waals surface area contributed by atoms with Gasteiger partial charge in [0.15, 0.2) is 5.54 Å². The molecule has 2 aromatic rings. The second-order valence-electron chi connectivity index (χ2n) is 6.15. The number of fused-ring (bicyclic) bond motifs is 1. The van der Waals surface area contributed by atoms with E-state index in [1.807, 2.05) is 0 Å². The summed E-state index contributed by atoms with van der Waals surface area (Å²) in [4.78, 5) is 38.4. The van der Waals surface area contributed by atoms with Gasteiger partial charge in [-0.1, -0.05) is 18.2 Å². The molecule has 0 aliphatic carbocycles. The Hall–Kier alpha value is -3.22.